The zero-order valence-electron chi connectivity index (χ0n) is 13.4. The Kier molecular flexibility index (Phi) is 4.53. The Balaban J connectivity index is 1.69. The van der Waals surface area contributed by atoms with E-state index in [1.54, 1.807) is 13.2 Å². The Bertz CT molecular complexity index is 702. The molecule has 1 N–H and O–H groups in total. The van der Waals surface area contributed by atoms with Crippen molar-refractivity contribution in [2.24, 2.45) is 0 Å². The Morgan fingerprint density at radius 1 is 1.04 bits per heavy atom. The van der Waals surface area contributed by atoms with Crippen molar-refractivity contribution < 1.29 is 19.4 Å². The molecule has 3 rings (SSSR count). The SMILES string of the molecule is COc1ccc2cc(OC(=O)CC3(O)CCCCC3)ccc2c1. The normalized spacial score (nSPS) is 17.0. The summed E-state index contributed by atoms with van der Waals surface area (Å²) < 4.78 is 10.6. The van der Waals surface area contributed by atoms with Gasteiger partial charge in [-0.25, -0.2) is 0 Å². The van der Waals surface area contributed by atoms with E-state index in [0.717, 1.165) is 35.8 Å². The molecule has 0 amide bonds. The second-order valence-electron chi connectivity index (χ2n) is 6.31. The van der Waals surface area contributed by atoms with E-state index in [2.05, 4.69) is 0 Å². The fraction of sp³-hybridized carbons (Fsp3) is 0.421. The molecule has 2 aromatic rings. The maximum absolute atomic E-state index is 12.1. The molecule has 1 saturated carbocycles. The third kappa shape index (κ3) is 3.82. The summed E-state index contributed by atoms with van der Waals surface area (Å²) in [6.45, 7) is 0. The number of aliphatic hydroxyl groups is 1. The number of hydrogen-bond acceptors (Lipinski definition) is 4. The first kappa shape index (κ1) is 15.8. The van der Waals surface area contributed by atoms with Crippen molar-refractivity contribution in [3.05, 3.63) is 36.4 Å². The number of benzene rings is 2. The summed E-state index contributed by atoms with van der Waals surface area (Å²) in [5.74, 6) is 0.927. The lowest BCUT2D eigenvalue weighted by Crippen LogP contribution is -2.35. The van der Waals surface area contributed by atoms with Gasteiger partial charge in [-0.15, -0.1) is 0 Å². The highest BCUT2D eigenvalue weighted by Crippen LogP contribution is 2.31. The van der Waals surface area contributed by atoms with E-state index >= 15 is 0 Å². The van der Waals surface area contributed by atoms with Gasteiger partial charge in [-0.3, -0.25) is 4.79 Å². The summed E-state index contributed by atoms with van der Waals surface area (Å²) >= 11 is 0. The monoisotopic (exact) mass is 314 g/mol. The zero-order valence-corrected chi connectivity index (χ0v) is 13.4. The molecule has 1 fully saturated rings. The molecule has 23 heavy (non-hydrogen) atoms. The molecule has 0 atom stereocenters. The Labute approximate surface area is 136 Å². The lowest BCUT2D eigenvalue weighted by molar-refractivity contribution is -0.141. The highest BCUT2D eigenvalue weighted by Gasteiger charge is 2.32. The second-order valence-corrected chi connectivity index (χ2v) is 6.31. The summed E-state index contributed by atoms with van der Waals surface area (Å²) in [5, 5.41) is 12.4. The predicted molar refractivity (Wildman–Crippen MR) is 88.8 cm³/mol. The highest BCUT2D eigenvalue weighted by atomic mass is 16.5. The first-order valence-electron chi connectivity index (χ1n) is 8.09. The molecule has 4 nitrogen and oxygen atoms in total. The fourth-order valence-electron chi connectivity index (χ4n) is 3.22. The van der Waals surface area contributed by atoms with Crippen LogP contribution in [-0.4, -0.2) is 23.8 Å². The number of methoxy groups -OCH3 is 1. The van der Waals surface area contributed by atoms with Gasteiger partial charge in [0.2, 0.25) is 0 Å². The van der Waals surface area contributed by atoms with Crippen LogP contribution in [0.1, 0.15) is 38.5 Å². The van der Waals surface area contributed by atoms with Crippen LogP contribution in [0, 0.1) is 0 Å². The topological polar surface area (TPSA) is 55.8 Å². The minimum Gasteiger partial charge on any atom is -0.497 e. The van der Waals surface area contributed by atoms with Crippen LogP contribution < -0.4 is 9.47 Å². The summed E-state index contributed by atoms with van der Waals surface area (Å²) in [4.78, 5) is 12.1. The van der Waals surface area contributed by atoms with E-state index in [-0.39, 0.29) is 12.4 Å². The first-order valence-corrected chi connectivity index (χ1v) is 8.09. The number of ether oxygens (including phenoxy) is 2. The second kappa shape index (κ2) is 6.59. The third-order valence-corrected chi connectivity index (χ3v) is 4.51. The molecule has 0 saturated heterocycles. The van der Waals surface area contributed by atoms with Crippen molar-refractivity contribution in [3.63, 3.8) is 0 Å². The Hall–Kier alpha value is -2.07. The maximum Gasteiger partial charge on any atom is 0.314 e. The lowest BCUT2D eigenvalue weighted by atomic mass is 9.82. The molecule has 1 aliphatic rings. The molecule has 0 heterocycles. The van der Waals surface area contributed by atoms with Crippen LogP contribution in [0.3, 0.4) is 0 Å². The standard InChI is InChI=1S/C19H22O4/c1-22-16-7-5-15-12-17(8-6-14(15)11-16)23-18(20)13-19(21)9-3-2-4-10-19/h5-8,11-12,21H,2-4,9-10,13H2,1H3. The molecule has 0 aromatic heterocycles. The van der Waals surface area contributed by atoms with Crippen molar-refractivity contribution in [2.75, 3.05) is 7.11 Å². The average molecular weight is 314 g/mol. The molecule has 2 aromatic carbocycles. The molecule has 0 radical (unpaired) electrons. The van der Waals surface area contributed by atoms with Gasteiger partial charge in [0.15, 0.2) is 0 Å². The van der Waals surface area contributed by atoms with Gasteiger partial charge in [0.05, 0.1) is 19.1 Å². The number of esters is 1. The van der Waals surface area contributed by atoms with Crippen LogP contribution >= 0.6 is 0 Å². The summed E-state index contributed by atoms with van der Waals surface area (Å²) in [6, 6.07) is 11.2. The van der Waals surface area contributed by atoms with Gasteiger partial charge in [0.1, 0.15) is 11.5 Å². The van der Waals surface area contributed by atoms with E-state index in [1.807, 2.05) is 30.3 Å². The number of carbonyl (C=O) groups is 1. The summed E-state index contributed by atoms with van der Waals surface area (Å²) in [6.07, 6.45) is 4.50. The lowest BCUT2D eigenvalue weighted by Gasteiger charge is -2.30. The van der Waals surface area contributed by atoms with E-state index in [4.69, 9.17) is 9.47 Å². The van der Waals surface area contributed by atoms with E-state index < -0.39 is 5.60 Å². The number of hydrogen-bond donors (Lipinski definition) is 1. The van der Waals surface area contributed by atoms with Gasteiger partial charge in [0.25, 0.3) is 0 Å². The van der Waals surface area contributed by atoms with Crippen LogP contribution in [0.2, 0.25) is 0 Å². The molecule has 122 valence electrons. The number of rotatable bonds is 4. The maximum atomic E-state index is 12.1. The molecular formula is C19H22O4. The van der Waals surface area contributed by atoms with Crippen LogP contribution in [0.4, 0.5) is 0 Å². The van der Waals surface area contributed by atoms with Crippen LogP contribution in [0.15, 0.2) is 36.4 Å². The molecule has 1 aliphatic carbocycles. The molecular weight excluding hydrogens is 292 g/mol. The van der Waals surface area contributed by atoms with Gasteiger partial charge in [-0.2, -0.15) is 0 Å². The quantitative estimate of drug-likeness (QED) is 0.688. The van der Waals surface area contributed by atoms with Gasteiger partial charge in [-0.1, -0.05) is 31.4 Å². The molecule has 0 bridgehead atoms. The Morgan fingerprint density at radius 3 is 2.30 bits per heavy atom. The minimum atomic E-state index is -0.889. The number of carbonyl (C=O) groups excluding carboxylic acids is 1. The van der Waals surface area contributed by atoms with Crippen molar-refractivity contribution in [1.29, 1.82) is 0 Å². The summed E-state index contributed by atoms with van der Waals surface area (Å²) in [7, 11) is 1.63. The minimum absolute atomic E-state index is 0.0631. The van der Waals surface area contributed by atoms with Crippen molar-refractivity contribution in [3.8, 4) is 11.5 Å². The Morgan fingerprint density at radius 2 is 1.65 bits per heavy atom. The van der Waals surface area contributed by atoms with Gasteiger partial charge in [0, 0.05) is 0 Å². The third-order valence-electron chi connectivity index (χ3n) is 4.51. The van der Waals surface area contributed by atoms with E-state index in [1.165, 1.54) is 0 Å². The number of fused-ring (bicyclic) bond motifs is 1. The van der Waals surface area contributed by atoms with Crippen molar-refractivity contribution in [2.45, 2.75) is 44.1 Å². The fourth-order valence-corrected chi connectivity index (χ4v) is 3.22. The molecule has 0 unspecified atom stereocenters. The first-order chi connectivity index (χ1) is 11.1. The van der Waals surface area contributed by atoms with Crippen molar-refractivity contribution >= 4 is 16.7 Å². The highest BCUT2D eigenvalue weighted by molar-refractivity contribution is 5.86. The van der Waals surface area contributed by atoms with Gasteiger partial charge >= 0.3 is 5.97 Å². The predicted octanol–water partition coefficient (Wildman–Crippen LogP) is 3.84. The average Bonchev–Trinajstić information content (AvgIpc) is 2.54. The largest absolute Gasteiger partial charge is 0.497 e. The van der Waals surface area contributed by atoms with E-state index in [0.29, 0.717) is 18.6 Å². The van der Waals surface area contributed by atoms with Crippen LogP contribution in [0.5, 0.6) is 11.5 Å². The van der Waals surface area contributed by atoms with Crippen LogP contribution in [-0.2, 0) is 4.79 Å². The van der Waals surface area contributed by atoms with E-state index in [9.17, 15) is 9.90 Å². The van der Waals surface area contributed by atoms with Gasteiger partial charge < -0.3 is 14.6 Å². The smallest absolute Gasteiger partial charge is 0.314 e. The van der Waals surface area contributed by atoms with Gasteiger partial charge in [-0.05, 0) is 47.9 Å². The summed E-state index contributed by atoms with van der Waals surface area (Å²) in [5.41, 5.74) is -0.889. The molecule has 4 heteroatoms. The van der Waals surface area contributed by atoms with Crippen LogP contribution in [0.25, 0.3) is 10.8 Å². The molecule has 0 aliphatic heterocycles. The van der Waals surface area contributed by atoms with Crippen molar-refractivity contribution in [1.82, 2.24) is 0 Å². The molecule has 0 spiro atoms. The zero-order chi connectivity index (χ0) is 16.3.